The van der Waals surface area contributed by atoms with E-state index in [4.69, 9.17) is 10.5 Å². The Morgan fingerprint density at radius 3 is 2.22 bits per heavy atom. The van der Waals surface area contributed by atoms with Gasteiger partial charge in [-0.3, -0.25) is 0 Å². The molecule has 0 saturated heterocycles. The summed E-state index contributed by atoms with van der Waals surface area (Å²) in [6.07, 6.45) is 0.687. The third kappa shape index (κ3) is 3.08. The van der Waals surface area contributed by atoms with E-state index in [1.54, 1.807) is 19.2 Å². The van der Waals surface area contributed by atoms with Crippen LogP contribution in [0.3, 0.4) is 0 Å². The highest BCUT2D eigenvalue weighted by molar-refractivity contribution is 5.30. The number of hydrogen-bond acceptors (Lipinski definition) is 2. The molecule has 0 aliphatic heterocycles. The molecule has 0 heterocycles. The molecule has 0 fully saturated rings. The van der Waals surface area contributed by atoms with Crippen LogP contribution in [0.5, 0.6) is 5.75 Å². The van der Waals surface area contributed by atoms with Gasteiger partial charge in [0, 0.05) is 6.04 Å². The molecule has 0 bridgehead atoms. The zero-order valence-electron chi connectivity index (χ0n) is 10.3. The lowest BCUT2D eigenvalue weighted by molar-refractivity contribution is 0.414. The Kier molecular flexibility index (Phi) is 3.95. The maximum absolute atomic E-state index is 12.8. The molecule has 2 N–H and O–H groups in total. The first-order chi connectivity index (χ1) is 8.69. The lowest BCUT2D eigenvalue weighted by Gasteiger charge is -2.12. The molecular weight excluding hydrogens is 229 g/mol. The number of rotatable bonds is 4. The number of nitrogens with two attached hydrogens (primary N) is 1. The highest BCUT2D eigenvalue weighted by atomic mass is 19.1. The summed E-state index contributed by atoms with van der Waals surface area (Å²) >= 11 is 0. The SMILES string of the molecule is COc1ccc([C@H](N)Cc2ccc(F)cc2)cc1. The fourth-order valence-corrected chi connectivity index (χ4v) is 1.84. The molecule has 18 heavy (non-hydrogen) atoms. The van der Waals surface area contributed by atoms with E-state index in [1.165, 1.54) is 12.1 Å². The maximum Gasteiger partial charge on any atom is 0.123 e. The quantitative estimate of drug-likeness (QED) is 0.898. The second-order valence-corrected chi connectivity index (χ2v) is 4.21. The van der Waals surface area contributed by atoms with Crippen molar-refractivity contribution in [1.82, 2.24) is 0 Å². The summed E-state index contributed by atoms with van der Waals surface area (Å²) in [6, 6.07) is 14.0. The average molecular weight is 245 g/mol. The first-order valence-electron chi connectivity index (χ1n) is 5.83. The Hall–Kier alpha value is -1.87. The van der Waals surface area contributed by atoms with Crippen LogP contribution >= 0.6 is 0 Å². The Balaban J connectivity index is 2.06. The molecule has 2 nitrogen and oxygen atoms in total. The number of halogens is 1. The van der Waals surface area contributed by atoms with E-state index in [2.05, 4.69) is 0 Å². The topological polar surface area (TPSA) is 35.2 Å². The van der Waals surface area contributed by atoms with E-state index in [-0.39, 0.29) is 11.9 Å². The molecule has 0 saturated carbocycles. The molecule has 0 amide bonds. The van der Waals surface area contributed by atoms with Gasteiger partial charge in [-0.1, -0.05) is 24.3 Å². The number of benzene rings is 2. The van der Waals surface area contributed by atoms with Crippen LogP contribution in [0.15, 0.2) is 48.5 Å². The third-order valence-electron chi connectivity index (χ3n) is 2.91. The fourth-order valence-electron chi connectivity index (χ4n) is 1.84. The normalized spacial score (nSPS) is 12.2. The van der Waals surface area contributed by atoms with Gasteiger partial charge in [-0.15, -0.1) is 0 Å². The van der Waals surface area contributed by atoms with Gasteiger partial charge in [-0.05, 0) is 41.8 Å². The van der Waals surface area contributed by atoms with Gasteiger partial charge in [0.25, 0.3) is 0 Å². The summed E-state index contributed by atoms with van der Waals surface area (Å²) in [6.45, 7) is 0. The zero-order valence-corrected chi connectivity index (χ0v) is 10.3. The maximum atomic E-state index is 12.8. The Labute approximate surface area is 106 Å². The lowest BCUT2D eigenvalue weighted by atomic mass is 10.00. The summed E-state index contributed by atoms with van der Waals surface area (Å²) in [5, 5.41) is 0. The van der Waals surface area contributed by atoms with E-state index < -0.39 is 0 Å². The molecule has 0 aliphatic rings. The summed E-state index contributed by atoms with van der Waals surface area (Å²) < 4.78 is 17.9. The van der Waals surface area contributed by atoms with Gasteiger partial charge in [-0.25, -0.2) is 4.39 Å². The van der Waals surface area contributed by atoms with Crippen LogP contribution in [-0.4, -0.2) is 7.11 Å². The van der Waals surface area contributed by atoms with Crippen molar-refractivity contribution in [3.05, 3.63) is 65.5 Å². The Morgan fingerprint density at radius 2 is 1.67 bits per heavy atom. The third-order valence-corrected chi connectivity index (χ3v) is 2.91. The van der Waals surface area contributed by atoms with Gasteiger partial charge < -0.3 is 10.5 Å². The number of methoxy groups -OCH3 is 1. The molecule has 0 spiro atoms. The van der Waals surface area contributed by atoms with Gasteiger partial charge in [0.1, 0.15) is 11.6 Å². The minimum Gasteiger partial charge on any atom is -0.497 e. The summed E-state index contributed by atoms with van der Waals surface area (Å²) in [7, 11) is 1.63. The van der Waals surface area contributed by atoms with Crippen molar-refractivity contribution < 1.29 is 9.13 Å². The Bertz CT molecular complexity index is 493. The molecule has 0 radical (unpaired) electrons. The number of hydrogen-bond donors (Lipinski definition) is 1. The fraction of sp³-hybridized carbons (Fsp3) is 0.200. The van der Waals surface area contributed by atoms with Crippen LogP contribution in [0.4, 0.5) is 4.39 Å². The first kappa shape index (κ1) is 12.6. The minimum absolute atomic E-state index is 0.0960. The standard InChI is InChI=1S/C15H16FNO/c1-18-14-8-4-12(5-9-14)15(17)10-11-2-6-13(16)7-3-11/h2-9,15H,10,17H2,1H3/t15-/m1/s1. The largest absolute Gasteiger partial charge is 0.497 e. The van der Waals surface area contributed by atoms with Crippen molar-refractivity contribution in [3.63, 3.8) is 0 Å². The van der Waals surface area contributed by atoms with Crippen LogP contribution in [0.2, 0.25) is 0 Å². The van der Waals surface area contributed by atoms with E-state index in [9.17, 15) is 4.39 Å². The predicted molar refractivity (Wildman–Crippen MR) is 70.0 cm³/mol. The van der Waals surface area contributed by atoms with Crippen molar-refractivity contribution >= 4 is 0 Å². The Morgan fingerprint density at radius 1 is 1.06 bits per heavy atom. The van der Waals surface area contributed by atoms with Crippen molar-refractivity contribution in [2.45, 2.75) is 12.5 Å². The van der Waals surface area contributed by atoms with Crippen LogP contribution in [0, 0.1) is 5.82 Å². The second-order valence-electron chi connectivity index (χ2n) is 4.21. The molecule has 2 aromatic carbocycles. The molecular formula is C15H16FNO. The predicted octanol–water partition coefficient (Wildman–Crippen LogP) is 3.08. The van der Waals surface area contributed by atoms with Gasteiger partial charge in [0.05, 0.1) is 7.11 Å². The van der Waals surface area contributed by atoms with Gasteiger partial charge in [0.15, 0.2) is 0 Å². The first-order valence-corrected chi connectivity index (χ1v) is 5.83. The van der Waals surface area contributed by atoms with E-state index in [1.807, 2.05) is 24.3 Å². The van der Waals surface area contributed by atoms with E-state index in [0.29, 0.717) is 6.42 Å². The minimum atomic E-state index is -0.225. The molecule has 3 heteroatoms. The lowest BCUT2D eigenvalue weighted by Crippen LogP contribution is -2.13. The van der Waals surface area contributed by atoms with Gasteiger partial charge >= 0.3 is 0 Å². The molecule has 2 rings (SSSR count). The van der Waals surface area contributed by atoms with Crippen LogP contribution in [0.25, 0.3) is 0 Å². The highest BCUT2D eigenvalue weighted by Crippen LogP contribution is 2.19. The van der Waals surface area contributed by atoms with Gasteiger partial charge in [0.2, 0.25) is 0 Å². The molecule has 0 aromatic heterocycles. The molecule has 2 aromatic rings. The van der Waals surface area contributed by atoms with Crippen molar-refractivity contribution in [1.29, 1.82) is 0 Å². The van der Waals surface area contributed by atoms with E-state index >= 15 is 0 Å². The molecule has 0 unspecified atom stereocenters. The zero-order chi connectivity index (χ0) is 13.0. The van der Waals surface area contributed by atoms with Crippen LogP contribution in [0.1, 0.15) is 17.2 Å². The van der Waals surface area contributed by atoms with Crippen LogP contribution < -0.4 is 10.5 Å². The monoisotopic (exact) mass is 245 g/mol. The van der Waals surface area contributed by atoms with Crippen LogP contribution in [-0.2, 0) is 6.42 Å². The summed E-state index contributed by atoms with van der Waals surface area (Å²) in [5.41, 5.74) is 8.19. The summed E-state index contributed by atoms with van der Waals surface area (Å²) in [5.74, 6) is 0.588. The summed E-state index contributed by atoms with van der Waals surface area (Å²) in [4.78, 5) is 0. The number of ether oxygens (including phenoxy) is 1. The smallest absolute Gasteiger partial charge is 0.123 e. The highest BCUT2D eigenvalue weighted by Gasteiger charge is 2.07. The van der Waals surface area contributed by atoms with Gasteiger partial charge in [-0.2, -0.15) is 0 Å². The molecule has 94 valence electrons. The van der Waals surface area contributed by atoms with Crippen molar-refractivity contribution in [2.75, 3.05) is 7.11 Å². The molecule has 1 atom stereocenters. The van der Waals surface area contributed by atoms with E-state index in [0.717, 1.165) is 16.9 Å². The average Bonchev–Trinajstić information content (AvgIpc) is 2.41. The van der Waals surface area contributed by atoms with Crippen molar-refractivity contribution in [3.8, 4) is 5.75 Å². The van der Waals surface area contributed by atoms with Crippen molar-refractivity contribution in [2.24, 2.45) is 5.73 Å². The molecule has 0 aliphatic carbocycles. The second kappa shape index (κ2) is 5.65.